The maximum atomic E-state index is 12.8. The van der Waals surface area contributed by atoms with Crippen LogP contribution in [0.3, 0.4) is 0 Å². The number of anilines is 1. The van der Waals surface area contributed by atoms with Crippen molar-refractivity contribution in [1.29, 1.82) is 0 Å². The molecule has 1 heterocycles. The van der Waals surface area contributed by atoms with Crippen LogP contribution in [-0.2, 0) is 6.42 Å². The van der Waals surface area contributed by atoms with Crippen LogP contribution in [0, 0.1) is 5.92 Å². The Bertz CT molecular complexity index is 417. The molecule has 0 radical (unpaired) electrons. The molecule has 0 saturated carbocycles. The fraction of sp³-hybridized carbons (Fsp3) is 0.571. The van der Waals surface area contributed by atoms with Crippen LogP contribution in [0.15, 0.2) is 24.3 Å². The molecule has 1 atom stereocenters. The lowest BCUT2D eigenvalue weighted by molar-refractivity contribution is -0.176. The topological polar surface area (TPSA) is 29.3 Å². The van der Waals surface area contributed by atoms with Crippen LogP contribution >= 0.6 is 0 Å². The zero-order valence-corrected chi connectivity index (χ0v) is 10.8. The number of rotatable bonds is 3. The van der Waals surface area contributed by atoms with Crippen LogP contribution in [0.2, 0.25) is 0 Å². The molecule has 1 fully saturated rings. The average molecular weight is 272 g/mol. The van der Waals surface area contributed by atoms with Crippen molar-refractivity contribution in [3.05, 3.63) is 29.8 Å². The third-order valence-electron chi connectivity index (χ3n) is 3.63. The molecule has 5 heteroatoms. The quantitative estimate of drug-likeness (QED) is 0.916. The van der Waals surface area contributed by atoms with Crippen molar-refractivity contribution in [1.82, 2.24) is 0 Å². The molecule has 2 N–H and O–H groups in total. The van der Waals surface area contributed by atoms with E-state index in [4.69, 9.17) is 5.73 Å². The summed E-state index contributed by atoms with van der Waals surface area (Å²) in [5.41, 5.74) is 7.50. The molecule has 106 valence electrons. The summed E-state index contributed by atoms with van der Waals surface area (Å²) in [6, 6.07) is 7.61. The Morgan fingerprint density at radius 3 is 2.68 bits per heavy atom. The van der Waals surface area contributed by atoms with E-state index in [0.29, 0.717) is 25.9 Å². The smallest absolute Gasteiger partial charge is 0.371 e. The van der Waals surface area contributed by atoms with Gasteiger partial charge in [-0.3, -0.25) is 0 Å². The van der Waals surface area contributed by atoms with Gasteiger partial charge in [0.2, 0.25) is 0 Å². The molecule has 0 aliphatic carbocycles. The summed E-state index contributed by atoms with van der Waals surface area (Å²) in [5, 5.41) is 0. The summed E-state index contributed by atoms with van der Waals surface area (Å²) in [6.07, 6.45) is -2.58. The first-order chi connectivity index (χ1) is 9.02. The van der Waals surface area contributed by atoms with Gasteiger partial charge in [0.25, 0.3) is 0 Å². The second kappa shape index (κ2) is 5.82. The second-order valence-corrected chi connectivity index (χ2v) is 4.99. The lowest BCUT2D eigenvalue weighted by Crippen LogP contribution is -2.42. The largest absolute Gasteiger partial charge is 0.393 e. The summed E-state index contributed by atoms with van der Waals surface area (Å²) in [4.78, 5) is 1.85. The molecule has 1 aliphatic rings. The van der Waals surface area contributed by atoms with E-state index in [1.54, 1.807) is 0 Å². The van der Waals surface area contributed by atoms with E-state index in [1.165, 1.54) is 0 Å². The van der Waals surface area contributed by atoms with Gasteiger partial charge in [0.1, 0.15) is 0 Å². The zero-order chi connectivity index (χ0) is 13.9. The van der Waals surface area contributed by atoms with Crippen molar-refractivity contribution >= 4 is 5.69 Å². The lowest BCUT2D eigenvalue weighted by Gasteiger charge is -2.36. The third kappa shape index (κ3) is 3.41. The molecule has 1 aromatic rings. The van der Waals surface area contributed by atoms with Crippen LogP contribution < -0.4 is 10.6 Å². The first kappa shape index (κ1) is 14.2. The minimum Gasteiger partial charge on any atom is -0.371 e. The number of hydrogen-bond donors (Lipinski definition) is 1. The molecule has 1 aromatic carbocycles. The molecule has 0 spiro atoms. The van der Waals surface area contributed by atoms with Gasteiger partial charge in [0.15, 0.2) is 0 Å². The lowest BCUT2D eigenvalue weighted by atomic mass is 9.96. The number of alkyl halides is 3. The molecule has 2 nitrogen and oxygen atoms in total. The van der Waals surface area contributed by atoms with Gasteiger partial charge in [0.05, 0.1) is 5.92 Å². The Kier molecular flexibility index (Phi) is 4.34. The average Bonchev–Trinajstić information content (AvgIpc) is 2.39. The summed E-state index contributed by atoms with van der Waals surface area (Å²) in [7, 11) is 0. The van der Waals surface area contributed by atoms with Crippen LogP contribution in [-0.4, -0.2) is 25.8 Å². The van der Waals surface area contributed by atoms with Gasteiger partial charge in [-0.25, -0.2) is 0 Å². The fourth-order valence-corrected chi connectivity index (χ4v) is 2.65. The molecule has 19 heavy (non-hydrogen) atoms. The Labute approximate surface area is 111 Å². The summed E-state index contributed by atoms with van der Waals surface area (Å²) in [5.74, 6) is -1.22. The predicted octanol–water partition coefficient (Wildman–Crippen LogP) is 2.97. The number of para-hydroxylation sites is 1. The standard InChI is InChI=1S/C14H19F3N2/c15-14(16,17)12-5-3-9-19(10-12)13-6-2-1-4-11(13)7-8-18/h1-2,4,6,12H,3,5,7-10,18H2. The molecule has 0 amide bonds. The van der Waals surface area contributed by atoms with Gasteiger partial charge in [-0.1, -0.05) is 18.2 Å². The van der Waals surface area contributed by atoms with Gasteiger partial charge in [-0.15, -0.1) is 0 Å². The highest BCUT2D eigenvalue weighted by molar-refractivity contribution is 5.54. The number of piperidine rings is 1. The monoisotopic (exact) mass is 272 g/mol. The maximum absolute atomic E-state index is 12.8. The molecule has 2 rings (SSSR count). The maximum Gasteiger partial charge on any atom is 0.393 e. The molecular weight excluding hydrogens is 253 g/mol. The summed E-state index contributed by atoms with van der Waals surface area (Å²) >= 11 is 0. The van der Waals surface area contributed by atoms with Crippen LogP contribution in [0.4, 0.5) is 18.9 Å². The first-order valence-corrected chi connectivity index (χ1v) is 6.62. The van der Waals surface area contributed by atoms with Crippen molar-refractivity contribution in [2.45, 2.75) is 25.4 Å². The van der Waals surface area contributed by atoms with E-state index in [2.05, 4.69) is 0 Å². The van der Waals surface area contributed by atoms with E-state index >= 15 is 0 Å². The summed E-state index contributed by atoms with van der Waals surface area (Å²) < 4.78 is 38.5. The molecule has 0 bridgehead atoms. The van der Waals surface area contributed by atoms with Crippen molar-refractivity contribution in [2.24, 2.45) is 11.7 Å². The minimum absolute atomic E-state index is 0.0606. The fourth-order valence-electron chi connectivity index (χ4n) is 2.65. The van der Waals surface area contributed by atoms with Gasteiger partial charge in [-0.2, -0.15) is 13.2 Å². The van der Waals surface area contributed by atoms with Crippen molar-refractivity contribution in [2.75, 3.05) is 24.5 Å². The van der Waals surface area contributed by atoms with Crippen molar-refractivity contribution in [3.8, 4) is 0 Å². The Hall–Kier alpha value is -1.23. The van der Waals surface area contributed by atoms with E-state index in [9.17, 15) is 13.2 Å². The molecule has 1 unspecified atom stereocenters. The molecular formula is C14H19F3N2. The summed E-state index contributed by atoms with van der Waals surface area (Å²) in [6.45, 7) is 1.26. The third-order valence-corrected chi connectivity index (χ3v) is 3.63. The minimum atomic E-state index is -4.10. The van der Waals surface area contributed by atoms with E-state index in [0.717, 1.165) is 11.3 Å². The van der Waals surface area contributed by atoms with Gasteiger partial charge < -0.3 is 10.6 Å². The number of halogens is 3. The number of nitrogens with zero attached hydrogens (tertiary/aromatic N) is 1. The van der Waals surface area contributed by atoms with Crippen molar-refractivity contribution in [3.63, 3.8) is 0 Å². The second-order valence-electron chi connectivity index (χ2n) is 4.99. The van der Waals surface area contributed by atoms with Gasteiger partial charge in [0, 0.05) is 18.8 Å². The zero-order valence-electron chi connectivity index (χ0n) is 10.8. The number of hydrogen-bond acceptors (Lipinski definition) is 2. The normalized spacial score (nSPS) is 20.6. The van der Waals surface area contributed by atoms with Crippen molar-refractivity contribution < 1.29 is 13.2 Å². The van der Waals surface area contributed by atoms with Crippen LogP contribution in [0.1, 0.15) is 18.4 Å². The molecule has 0 aromatic heterocycles. The number of benzene rings is 1. The SMILES string of the molecule is NCCc1ccccc1N1CCCC(C(F)(F)F)C1. The highest BCUT2D eigenvalue weighted by Gasteiger charge is 2.41. The predicted molar refractivity (Wildman–Crippen MR) is 70.2 cm³/mol. The van der Waals surface area contributed by atoms with E-state index in [-0.39, 0.29) is 13.0 Å². The Morgan fingerprint density at radius 1 is 1.26 bits per heavy atom. The Balaban J connectivity index is 2.17. The highest BCUT2D eigenvalue weighted by Crippen LogP contribution is 2.35. The Morgan fingerprint density at radius 2 is 2.00 bits per heavy atom. The van der Waals surface area contributed by atoms with Crippen LogP contribution in [0.5, 0.6) is 0 Å². The van der Waals surface area contributed by atoms with Gasteiger partial charge >= 0.3 is 6.18 Å². The van der Waals surface area contributed by atoms with Crippen LogP contribution in [0.25, 0.3) is 0 Å². The van der Waals surface area contributed by atoms with Gasteiger partial charge in [-0.05, 0) is 37.4 Å². The first-order valence-electron chi connectivity index (χ1n) is 6.62. The molecule has 1 saturated heterocycles. The van der Waals surface area contributed by atoms with E-state index in [1.807, 2.05) is 29.2 Å². The van der Waals surface area contributed by atoms with E-state index < -0.39 is 12.1 Å². The number of nitrogens with two attached hydrogens (primary N) is 1. The highest BCUT2D eigenvalue weighted by atomic mass is 19.4. The molecule has 1 aliphatic heterocycles.